The van der Waals surface area contributed by atoms with Crippen LogP contribution in [0, 0.1) is 0 Å². The van der Waals surface area contributed by atoms with Gasteiger partial charge in [0.1, 0.15) is 5.76 Å². The van der Waals surface area contributed by atoms with Crippen molar-refractivity contribution in [3.8, 4) is 21.8 Å². The van der Waals surface area contributed by atoms with Crippen molar-refractivity contribution in [2.24, 2.45) is 0 Å². The van der Waals surface area contributed by atoms with Crippen LogP contribution < -0.4 is 0 Å². The molecule has 0 atom stereocenters. The number of hydrogen-bond donors (Lipinski definition) is 0. The van der Waals surface area contributed by atoms with E-state index >= 15 is 0 Å². The summed E-state index contributed by atoms with van der Waals surface area (Å²) in [7, 11) is 0. The molecule has 2 nitrogen and oxygen atoms in total. The van der Waals surface area contributed by atoms with Crippen molar-refractivity contribution in [2.75, 3.05) is 0 Å². The maximum atomic E-state index is 5.42. The van der Waals surface area contributed by atoms with Gasteiger partial charge in [-0.05, 0) is 29.6 Å². The van der Waals surface area contributed by atoms with Crippen molar-refractivity contribution < 1.29 is 4.42 Å². The molecule has 0 saturated carbocycles. The van der Waals surface area contributed by atoms with E-state index in [0.717, 1.165) is 11.3 Å². The Kier molecular flexibility index (Phi) is 2.31. The number of furan rings is 1. The van der Waals surface area contributed by atoms with E-state index in [1.807, 2.05) is 36.7 Å². The fraction of sp³-hybridized carbons (Fsp3) is 0. The van der Waals surface area contributed by atoms with Crippen LogP contribution in [0.15, 0.2) is 58.8 Å². The van der Waals surface area contributed by atoms with Crippen molar-refractivity contribution in [3.63, 3.8) is 0 Å². The predicted octanol–water partition coefficient (Wildman–Crippen LogP) is 4.07. The summed E-state index contributed by atoms with van der Waals surface area (Å²) in [6.45, 7) is 0. The highest BCUT2D eigenvalue weighted by Gasteiger charge is 2.09. The van der Waals surface area contributed by atoms with Gasteiger partial charge in [-0.3, -0.25) is 4.98 Å². The molecular weight excluding hydrogens is 218 g/mol. The Morgan fingerprint density at radius 1 is 1.06 bits per heavy atom. The topological polar surface area (TPSA) is 26.0 Å². The van der Waals surface area contributed by atoms with E-state index in [1.54, 1.807) is 17.6 Å². The Morgan fingerprint density at radius 3 is 2.81 bits per heavy atom. The molecule has 0 N–H and O–H groups in total. The molecule has 0 spiro atoms. The van der Waals surface area contributed by atoms with E-state index in [9.17, 15) is 0 Å². The first kappa shape index (κ1) is 9.36. The van der Waals surface area contributed by atoms with Crippen molar-refractivity contribution in [1.29, 1.82) is 0 Å². The third-order valence-corrected chi connectivity index (χ3v) is 3.30. The number of rotatable bonds is 2. The first-order valence-corrected chi connectivity index (χ1v) is 5.85. The number of thiophene rings is 1. The van der Waals surface area contributed by atoms with E-state index in [4.69, 9.17) is 4.42 Å². The average molecular weight is 227 g/mol. The molecule has 3 rings (SSSR count). The van der Waals surface area contributed by atoms with E-state index < -0.39 is 0 Å². The highest BCUT2D eigenvalue weighted by atomic mass is 32.1. The van der Waals surface area contributed by atoms with Crippen LogP contribution in [0.2, 0.25) is 0 Å². The summed E-state index contributed by atoms with van der Waals surface area (Å²) in [6.07, 6.45) is 5.33. The predicted molar refractivity (Wildman–Crippen MR) is 65.3 cm³/mol. The summed E-state index contributed by atoms with van der Waals surface area (Å²) in [4.78, 5) is 5.39. The lowest BCUT2D eigenvalue weighted by molar-refractivity contribution is 0.582. The van der Waals surface area contributed by atoms with Gasteiger partial charge in [0, 0.05) is 28.4 Å². The lowest BCUT2D eigenvalue weighted by Crippen LogP contribution is -1.82. The van der Waals surface area contributed by atoms with Crippen LogP contribution in [0.25, 0.3) is 21.8 Å². The van der Waals surface area contributed by atoms with Crippen molar-refractivity contribution in [3.05, 3.63) is 54.4 Å². The molecule has 16 heavy (non-hydrogen) atoms. The zero-order valence-corrected chi connectivity index (χ0v) is 9.28. The van der Waals surface area contributed by atoms with Gasteiger partial charge in [-0.2, -0.15) is 0 Å². The summed E-state index contributed by atoms with van der Waals surface area (Å²) in [5, 5.41) is 2.07. The molecule has 0 saturated heterocycles. The second-order valence-electron chi connectivity index (χ2n) is 3.38. The van der Waals surface area contributed by atoms with Gasteiger partial charge in [-0.15, -0.1) is 11.3 Å². The molecule has 0 unspecified atom stereocenters. The number of aromatic nitrogens is 1. The van der Waals surface area contributed by atoms with Gasteiger partial charge < -0.3 is 4.42 Å². The molecule has 3 heteroatoms. The van der Waals surface area contributed by atoms with Gasteiger partial charge in [0.2, 0.25) is 0 Å². The highest BCUT2D eigenvalue weighted by Crippen LogP contribution is 2.33. The molecule has 0 aliphatic heterocycles. The molecule has 0 radical (unpaired) electrons. The van der Waals surface area contributed by atoms with Gasteiger partial charge in [-0.1, -0.05) is 6.07 Å². The van der Waals surface area contributed by atoms with Crippen LogP contribution in [-0.4, -0.2) is 4.98 Å². The minimum absolute atomic E-state index is 0.858. The second-order valence-corrected chi connectivity index (χ2v) is 4.32. The molecule has 0 fully saturated rings. The highest BCUT2D eigenvalue weighted by molar-refractivity contribution is 7.13. The van der Waals surface area contributed by atoms with Crippen molar-refractivity contribution in [1.82, 2.24) is 4.98 Å². The van der Waals surface area contributed by atoms with E-state index in [0.29, 0.717) is 0 Å². The van der Waals surface area contributed by atoms with Crippen LogP contribution in [0.1, 0.15) is 0 Å². The Labute approximate surface area is 97.2 Å². The van der Waals surface area contributed by atoms with Gasteiger partial charge in [-0.25, -0.2) is 0 Å². The van der Waals surface area contributed by atoms with Crippen molar-refractivity contribution >= 4 is 11.3 Å². The molecular formula is C13H9NOS. The third kappa shape index (κ3) is 1.55. The van der Waals surface area contributed by atoms with Crippen molar-refractivity contribution in [2.45, 2.75) is 0 Å². The average Bonchev–Trinajstić information content (AvgIpc) is 3.03. The summed E-state index contributed by atoms with van der Waals surface area (Å²) >= 11 is 1.72. The Balaban J connectivity index is 2.19. The molecule has 78 valence electrons. The minimum Gasteiger partial charge on any atom is -0.464 e. The second kappa shape index (κ2) is 3.94. The van der Waals surface area contributed by atoms with Crippen LogP contribution in [-0.2, 0) is 0 Å². The van der Waals surface area contributed by atoms with Crippen LogP contribution in [0.4, 0.5) is 0 Å². The molecule has 3 aromatic heterocycles. The van der Waals surface area contributed by atoms with Gasteiger partial charge >= 0.3 is 0 Å². The maximum Gasteiger partial charge on any atom is 0.136 e. The van der Waals surface area contributed by atoms with Gasteiger partial charge in [0.25, 0.3) is 0 Å². The molecule has 0 amide bonds. The molecule has 0 aliphatic rings. The summed E-state index contributed by atoms with van der Waals surface area (Å²) in [5.74, 6) is 0.858. The van der Waals surface area contributed by atoms with Gasteiger partial charge in [0.05, 0.1) is 6.26 Å². The lowest BCUT2D eigenvalue weighted by Gasteiger charge is -2.03. The van der Waals surface area contributed by atoms with Crippen LogP contribution in [0.3, 0.4) is 0 Å². The smallest absolute Gasteiger partial charge is 0.136 e. The SMILES string of the molecule is c1coc(-c2cnccc2-c2cccs2)c1. The normalized spacial score (nSPS) is 10.5. The molecule has 0 aromatic carbocycles. The molecule has 0 aliphatic carbocycles. The first-order chi connectivity index (χ1) is 7.95. The van der Waals surface area contributed by atoms with Crippen LogP contribution >= 0.6 is 11.3 Å². The fourth-order valence-electron chi connectivity index (χ4n) is 1.67. The van der Waals surface area contributed by atoms with E-state index in [1.165, 1.54) is 10.4 Å². The Morgan fingerprint density at radius 2 is 2.06 bits per heavy atom. The molecule has 3 heterocycles. The number of nitrogens with zero attached hydrogens (tertiary/aromatic N) is 1. The van der Waals surface area contributed by atoms with Crippen LogP contribution in [0.5, 0.6) is 0 Å². The van der Waals surface area contributed by atoms with E-state index in [2.05, 4.69) is 16.4 Å². The standard InChI is InChI=1S/C13H9NOS/c1-3-12(15-7-1)11-9-14-6-5-10(11)13-4-2-8-16-13/h1-9H. The fourth-order valence-corrected chi connectivity index (χ4v) is 2.44. The van der Waals surface area contributed by atoms with E-state index in [-0.39, 0.29) is 0 Å². The molecule has 0 bridgehead atoms. The summed E-state index contributed by atoms with van der Waals surface area (Å²) in [5.41, 5.74) is 2.20. The summed E-state index contributed by atoms with van der Waals surface area (Å²) < 4.78 is 5.42. The summed E-state index contributed by atoms with van der Waals surface area (Å²) in [6, 6.07) is 10.0. The number of pyridine rings is 1. The largest absolute Gasteiger partial charge is 0.464 e. The number of hydrogen-bond acceptors (Lipinski definition) is 3. The maximum absolute atomic E-state index is 5.42. The zero-order valence-electron chi connectivity index (χ0n) is 8.46. The lowest BCUT2D eigenvalue weighted by atomic mass is 10.1. The first-order valence-electron chi connectivity index (χ1n) is 4.97. The quantitative estimate of drug-likeness (QED) is 0.659. The third-order valence-electron chi connectivity index (χ3n) is 2.39. The Bertz CT molecular complexity index is 517. The minimum atomic E-state index is 0.858. The monoisotopic (exact) mass is 227 g/mol. The Hall–Kier alpha value is -1.87. The zero-order chi connectivity index (χ0) is 10.8. The molecule has 3 aromatic rings. The van der Waals surface area contributed by atoms with Gasteiger partial charge in [0.15, 0.2) is 0 Å².